The Balaban J connectivity index is 1.93. The van der Waals surface area contributed by atoms with E-state index in [1.54, 1.807) is 30.7 Å². The van der Waals surface area contributed by atoms with Gasteiger partial charge in [-0.25, -0.2) is 15.0 Å². The molecular weight excluding hydrogens is 372 g/mol. The monoisotopic (exact) mass is 392 g/mol. The number of aromatic nitrogens is 3. The van der Waals surface area contributed by atoms with Crippen LogP contribution in [0.2, 0.25) is 0 Å². The molecule has 2 aromatic carbocycles. The summed E-state index contributed by atoms with van der Waals surface area (Å²) in [7, 11) is 1.60. The van der Waals surface area contributed by atoms with Crippen molar-refractivity contribution in [2.45, 2.75) is 19.8 Å². The molecule has 0 aliphatic heterocycles. The Kier molecular flexibility index (Phi) is 4.83. The zero-order chi connectivity index (χ0) is 19.7. The molecule has 2 heterocycles. The van der Waals surface area contributed by atoms with E-state index >= 15 is 0 Å². The van der Waals surface area contributed by atoms with Crippen LogP contribution in [0, 0.1) is 0 Å². The second kappa shape index (κ2) is 7.44. The van der Waals surface area contributed by atoms with Gasteiger partial charge in [0.15, 0.2) is 0 Å². The Morgan fingerprint density at radius 1 is 1.14 bits per heavy atom. The van der Waals surface area contributed by atoms with Crippen molar-refractivity contribution in [3.8, 4) is 33.3 Å². The summed E-state index contributed by atoms with van der Waals surface area (Å²) < 4.78 is 6.50. The summed E-state index contributed by atoms with van der Waals surface area (Å²) in [5.74, 6) is 0.885. The molecule has 0 saturated carbocycles. The van der Waals surface area contributed by atoms with Gasteiger partial charge in [-0.1, -0.05) is 25.5 Å². The molecule has 4 aromatic rings. The minimum absolute atomic E-state index is 0.0807. The standard InChI is InChI=1S/C21H20N4O2S/c1-3-6-12-9-13(16(26)10-17(12)27-2)19-14(11-23-21(22)25-19)20-24-15-7-4-5-8-18(15)28-20/h4-5,7-11,26H,3,6H2,1-2H3,(H2,22,23,25). The van der Waals surface area contributed by atoms with Crippen molar-refractivity contribution < 1.29 is 9.84 Å². The number of nitrogens with two attached hydrogens (primary N) is 1. The summed E-state index contributed by atoms with van der Waals surface area (Å²) in [5, 5.41) is 11.5. The zero-order valence-corrected chi connectivity index (χ0v) is 16.5. The topological polar surface area (TPSA) is 94.2 Å². The number of rotatable bonds is 5. The highest BCUT2D eigenvalue weighted by molar-refractivity contribution is 7.21. The molecule has 0 fully saturated rings. The van der Waals surface area contributed by atoms with Crippen molar-refractivity contribution in [3.05, 3.63) is 48.2 Å². The molecule has 0 aliphatic carbocycles. The molecule has 0 atom stereocenters. The molecule has 0 spiro atoms. The quantitative estimate of drug-likeness (QED) is 0.513. The molecule has 6 nitrogen and oxygen atoms in total. The molecule has 2 aromatic heterocycles. The van der Waals surface area contributed by atoms with Crippen LogP contribution in [0.15, 0.2) is 42.6 Å². The number of aryl methyl sites for hydroxylation is 1. The number of nitrogen functional groups attached to an aromatic ring is 1. The van der Waals surface area contributed by atoms with Crippen molar-refractivity contribution in [1.82, 2.24) is 15.0 Å². The summed E-state index contributed by atoms with van der Waals surface area (Å²) in [6, 6.07) is 11.5. The van der Waals surface area contributed by atoms with Gasteiger partial charge in [0.1, 0.15) is 16.5 Å². The van der Waals surface area contributed by atoms with E-state index in [4.69, 9.17) is 15.5 Å². The fraction of sp³-hybridized carbons (Fsp3) is 0.190. The third-order valence-electron chi connectivity index (χ3n) is 4.50. The number of phenols is 1. The van der Waals surface area contributed by atoms with Gasteiger partial charge in [-0.3, -0.25) is 0 Å². The Hall–Kier alpha value is -3.19. The fourth-order valence-electron chi connectivity index (χ4n) is 3.20. The smallest absolute Gasteiger partial charge is 0.220 e. The number of benzene rings is 2. The van der Waals surface area contributed by atoms with E-state index in [-0.39, 0.29) is 11.7 Å². The molecule has 4 rings (SSSR count). The molecule has 0 bridgehead atoms. The molecule has 0 radical (unpaired) electrons. The number of thiazole rings is 1. The van der Waals surface area contributed by atoms with Gasteiger partial charge in [0.2, 0.25) is 5.95 Å². The van der Waals surface area contributed by atoms with Crippen LogP contribution in [-0.4, -0.2) is 27.2 Å². The average molecular weight is 392 g/mol. The minimum Gasteiger partial charge on any atom is -0.507 e. The van der Waals surface area contributed by atoms with Crippen LogP contribution in [-0.2, 0) is 6.42 Å². The highest BCUT2D eigenvalue weighted by Crippen LogP contribution is 2.41. The Morgan fingerprint density at radius 2 is 1.96 bits per heavy atom. The van der Waals surface area contributed by atoms with E-state index in [1.165, 1.54) is 0 Å². The van der Waals surface area contributed by atoms with Gasteiger partial charge in [-0.15, -0.1) is 11.3 Å². The van der Waals surface area contributed by atoms with Crippen molar-refractivity contribution in [1.29, 1.82) is 0 Å². The van der Waals surface area contributed by atoms with Crippen molar-refractivity contribution in [2.24, 2.45) is 0 Å². The normalized spacial score (nSPS) is 11.1. The van der Waals surface area contributed by atoms with E-state index in [9.17, 15) is 5.11 Å². The van der Waals surface area contributed by atoms with Crippen molar-refractivity contribution in [2.75, 3.05) is 12.8 Å². The lowest BCUT2D eigenvalue weighted by molar-refractivity contribution is 0.403. The van der Waals surface area contributed by atoms with Crippen LogP contribution in [0.1, 0.15) is 18.9 Å². The summed E-state index contributed by atoms with van der Waals surface area (Å²) in [6.07, 6.45) is 3.45. The highest BCUT2D eigenvalue weighted by atomic mass is 32.1. The lowest BCUT2D eigenvalue weighted by Crippen LogP contribution is -2.00. The molecule has 0 amide bonds. The van der Waals surface area contributed by atoms with Crippen LogP contribution in [0.4, 0.5) is 5.95 Å². The fourth-order valence-corrected chi connectivity index (χ4v) is 4.18. The van der Waals surface area contributed by atoms with E-state index in [1.807, 2.05) is 30.3 Å². The lowest BCUT2D eigenvalue weighted by atomic mass is 10.00. The Labute approximate surface area is 166 Å². The average Bonchev–Trinajstić information content (AvgIpc) is 3.13. The maximum atomic E-state index is 10.7. The van der Waals surface area contributed by atoms with E-state index < -0.39 is 0 Å². The van der Waals surface area contributed by atoms with E-state index in [2.05, 4.69) is 16.9 Å². The number of fused-ring (bicyclic) bond motifs is 1. The molecule has 28 heavy (non-hydrogen) atoms. The number of methoxy groups -OCH3 is 1. The Morgan fingerprint density at radius 3 is 2.71 bits per heavy atom. The summed E-state index contributed by atoms with van der Waals surface area (Å²) >= 11 is 1.55. The zero-order valence-electron chi connectivity index (χ0n) is 15.6. The van der Waals surface area contributed by atoms with Gasteiger partial charge < -0.3 is 15.6 Å². The van der Waals surface area contributed by atoms with Crippen molar-refractivity contribution >= 4 is 27.5 Å². The summed E-state index contributed by atoms with van der Waals surface area (Å²) in [5.41, 5.74) is 9.68. The predicted molar refractivity (Wildman–Crippen MR) is 113 cm³/mol. The second-order valence-corrected chi connectivity index (χ2v) is 7.44. The largest absolute Gasteiger partial charge is 0.507 e. The molecule has 0 aliphatic rings. The summed E-state index contributed by atoms with van der Waals surface area (Å²) in [4.78, 5) is 13.3. The highest BCUT2D eigenvalue weighted by Gasteiger charge is 2.19. The van der Waals surface area contributed by atoms with Gasteiger partial charge in [-0.2, -0.15) is 0 Å². The molecule has 142 valence electrons. The number of aromatic hydroxyl groups is 1. The first-order chi connectivity index (χ1) is 13.6. The number of phenolic OH excluding ortho intramolecular Hbond substituents is 1. The van der Waals surface area contributed by atoms with Gasteiger partial charge in [0.05, 0.1) is 28.6 Å². The number of para-hydroxylation sites is 1. The second-order valence-electron chi connectivity index (χ2n) is 6.41. The van der Waals surface area contributed by atoms with Crippen LogP contribution >= 0.6 is 11.3 Å². The third-order valence-corrected chi connectivity index (χ3v) is 5.57. The van der Waals surface area contributed by atoms with Crippen LogP contribution in [0.25, 0.3) is 32.0 Å². The third kappa shape index (κ3) is 3.25. The first-order valence-corrected chi connectivity index (χ1v) is 9.81. The predicted octanol–water partition coefficient (Wildman–Crippen LogP) is 4.67. The molecule has 0 saturated heterocycles. The first kappa shape index (κ1) is 18.2. The van der Waals surface area contributed by atoms with Gasteiger partial charge in [0, 0.05) is 17.8 Å². The maximum Gasteiger partial charge on any atom is 0.220 e. The molecule has 7 heteroatoms. The summed E-state index contributed by atoms with van der Waals surface area (Å²) in [6.45, 7) is 2.10. The Bertz CT molecular complexity index is 1120. The van der Waals surface area contributed by atoms with E-state index in [0.717, 1.165) is 39.2 Å². The first-order valence-electron chi connectivity index (χ1n) is 8.99. The van der Waals surface area contributed by atoms with Gasteiger partial charge >= 0.3 is 0 Å². The lowest BCUT2D eigenvalue weighted by Gasteiger charge is -2.14. The van der Waals surface area contributed by atoms with Gasteiger partial charge in [0.25, 0.3) is 0 Å². The number of nitrogens with zero attached hydrogens (tertiary/aromatic N) is 3. The number of anilines is 1. The number of hydrogen-bond acceptors (Lipinski definition) is 7. The van der Waals surface area contributed by atoms with Crippen LogP contribution in [0.5, 0.6) is 11.5 Å². The molecular formula is C21H20N4O2S. The minimum atomic E-state index is 0.0807. The number of ether oxygens (including phenoxy) is 1. The van der Waals surface area contributed by atoms with E-state index in [0.29, 0.717) is 17.0 Å². The maximum absolute atomic E-state index is 10.7. The number of hydrogen-bond donors (Lipinski definition) is 2. The van der Waals surface area contributed by atoms with Crippen LogP contribution < -0.4 is 10.5 Å². The van der Waals surface area contributed by atoms with Crippen molar-refractivity contribution in [3.63, 3.8) is 0 Å². The molecule has 3 N–H and O–H groups in total. The molecule has 0 unspecified atom stereocenters. The van der Waals surface area contributed by atoms with Crippen LogP contribution in [0.3, 0.4) is 0 Å². The SMILES string of the molecule is CCCc1cc(-c2nc(N)ncc2-c2nc3ccccc3s2)c(O)cc1OC. The van der Waals surface area contributed by atoms with Gasteiger partial charge in [-0.05, 0) is 30.2 Å².